The monoisotopic (exact) mass is 318 g/mol. The van der Waals surface area contributed by atoms with Gasteiger partial charge in [-0.25, -0.2) is 4.98 Å². The maximum absolute atomic E-state index is 12.5. The Morgan fingerprint density at radius 2 is 2.35 bits per heavy atom. The predicted molar refractivity (Wildman–Crippen MR) is 81.3 cm³/mol. The minimum Gasteiger partial charge on any atom is -0.339 e. The number of carbonyl (C=O) groups excluding carboxylic acids is 1. The summed E-state index contributed by atoms with van der Waals surface area (Å²) >= 11 is 0. The molecule has 1 aliphatic rings. The van der Waals surface area contributed by atoms with Gasteiger partial charge in [0.25, 0.3) is 0 Å². The molecule has 1 amide bonds. The lowest BCUT2D eigenvalue weighted by molar-refractivity contribution is -0.132. The Morgan fingerprint density at radius 1 is 1.48 bits per heavy atom. The summed E-state index contributed by atoms with van der Waals surface area (Å²) in [6, 6.07) is -0.0508. The van der Waals surface area contributed by atoms with Crippen LogP contribution in [0.4, 0.5) is 0 Å². The molecule has 0 spiro atoms. The largest absolute Gasteiger partial charge is 0.339 e. The lowest BCUT2D eigenvalue weighted by Crippen LogP contribution is -2.31. The van der Waals surface area contributed by atoms with E-state index < -0.39 is 0 Å². The Labute approximate surface area is 134 Å². The van der Waals surface area contributed by atoms with Crippen LogP contribution in [0.3, 0.4) is 0 Å². The van der Waals surface area contributed by atoms with Gasteiger partial charge in [-0.3, -0.25) is 9.48 Å². The lowest BCUT2D eigenvalue weighted by Gasteiger charge is -2.22. The van der Waals surface area contributed by atoms with Gasteiger partial charge in [-0.1, -0.05) is 19.0 Å². The van der Waals surface area contributed by atoms with Crippen molar-refractivity contribution in [2.75, 3.05) is 6.54 Å². The summed E-state index contributed by atoms with van der Waals surface area (Å²) in [7, 11) is 0. The molecule has 1 saturated heterocycles. The summed E-state index contributed by atoms with van der Waals surface area (Å²) in [5.41, 5.74) is 0. The highest BCUT2D eigenvalue weighted by atomic mass is 16.5. The van der Waals surface area contributed by atoms with Gasteiger partial charge in [0.2, 0.25) is 11.8 Å². The van der Waals surface area contributed by atoms with Gasteiger partial charge in [-0.05, 0) is 19.3 Å². The molecular formula is C15H22N6O2. The van der Waals surface area contributed by atoms with Gasteiger partial charge in [-0.2, -0.15) is 10.1 Å². The molecule has 2 aromatic rings. The van der Waals surface area contributed by atoms with E-state index in [-0.39, 0.29) is 17.9 Å². The van der Waals surface area contributed by atoms with E-state index in [9.17, 15) is 4.79 Å². The van der Waals surface area contributed by atoms with Crippen molar-refractivity contribution in [3.05, 3.63) is 24.4 Å². The molecule has 1 atom stereocenters. The Morgan fingerprint density at radius 3 is 3.04 bits per heavy atom. The second-order valence-electron chi connectivity index (χ2n) is 6.15. The molecule has 0 aliphatic carbocycles. The molecule has 8 heteroatoms. The minimum absolute atomic E-state index is 0.0508. The molecule has 0 N–H and O–H groups in total. The zero-order chi connectivity index (χ0) is 16.2. The molecule has 2 aromatic heterocycles. The molecule has 0 aromatic carbocycles. The lowest BCUT2D eigenvalue weighted by atomic mass is 10.2. The van der Waals surface area contributed by atoms with Crippen LogP contribution in [0.5, 0.6) is 0 Å². The maximum atomic E-state index is 12.5. The molecule has 3 heterocycles. The van der Waals surface area contributed by atoms with E-state index >= 15 is 0 Å². The first-order chi connectivity index (χ1) is 11.1. The van der Waals surface area contributed by atoms with Crippen molar-refractivity contribution in [3.8, 4) is 0 Å². The van der Waals surface area contributed by atoms with Crippen molar-refractivity contribution in [1.29, 1.82) is 0 Å². The van der Waals surface area contributed by atoms with E-state index in [1.54, 1.807) is 11.0 Å². The predicted octanol–water partition coefficient (Wildman–Crippen LogP) is 1.93. The van der Waals surface area contributed by atoms with Crippen LogP contribution in [0.1, 0.15) is 63.2 Å². The molecule has 1 fully saturated rings. The van der Waals surface area contributed by atoms with Crippen LogP contribution in [0.2, 0.25) is 0 Å². The first kappa shape index (κ1) is 15.6. The summed E-state index contributed by atoms with van der Waals surface area (Å²) in [6.07, 6.45) is 6.27. The number of carbonyl (C=O) groups is 1. The fraction of sp³-hybridized carbons (Fsp3) is 0.667. The molecule has 8 nitrogen and oxygen atoms in total. The quantitative estimate of drug-likeness (QED) is 0.808. The standard InChI is InChI=1S/C15H22N6O2/c1-11(2)15-18-14(19-23-15)12-5-3-8-21(12)13(22)6-4-7-20-10-16-9-17-20/h9-12H,3-8H2,1-2H3/t12-/m1/s1. The van der Waals surface area contributed by atoms with E-state index in [4.69, 9.17) is 4.52 Å². The average molecular weight is 318 g/mol. The number of likely N-dealkylation sites (tertiary alicyclic amines) is 1. The highest BCUT2D eigenvalue weighted by molar-refractivity contribution is 5.76. The molecule has 1 aliphatic heterocycles. The first-order valence-electron chi connectivity index (χ1n) is 8.10. The Kier molecular flexibility index (Phi) is 4.68. The number of rotatable bonds is 6. The van der Waals surface area contributed by atoms with E-state index in [2.05, 4.69) is 20.2 Å². The van der Waals surface area contributed by atoms with Gasteiger partial charge in [0, 0.05) is 25.4 Å². The first-order valence-corrected chi connectivity index (χ1v) is 8.10. The smallest absolute Gasteiger partial charge is 0.229 e. The Hall–Kier alpha value is -2.25. The molecule has 0 radical (unpaired) electrons. The summed E-state index contributed by atoms with van der Waals surface area (Å²) < 4.78 is 7.02. The van der Waals surface area contributed by atoms with E-state index in [0.717, 1.165) is 25.8 Å². The topological polar surface area (TPSA) is 89.9 Å². The SMILES string of the molecule is CC(C)c1nc([C@H]2CCCN2C(=O)CCCn2cncn2)no1. The highest BCUT2D eigenvalue weighted by Crippen LogP contribution is 2.31. The molecular weight excluding hydrogens is 296 g/mol. The van der Waals surface area contributed by atoms with Crippen LogP contribution < -0.4 is 0 Å². The van der Waals surface area contributed by atoms with Crippen molar-refractivity contribution >= 4 is 5.91 Å². The van der Waals surface area contributed by atoms with E-state index in [1.165, 1.54) is 6.33 Å². The second-order valence-corrected chi connectivity index (χ2v) is 6.15. The third kappa shape index (κ3) is 3.57. The van der Waals surface area contributed by atoms with Gasteiger partial charge < -0.3 is 9.42 Å². The second kappa shape index (κ2) is 6.89. The van der Waals surface area contributed by atoms with Crippen molar-refractivity contribution in [3.63, 3.8) is 0 Å². The Balaban J connectivity index is 1.57. The van der Waals surface area contributed by atoms with Crippen LogP contribution in [0.15, 0.2) is 17.2 Å². The molecule has 0 saturated carbocycles. The van der Waals surface area contributed by atoms with Crippen LogP contribution >= 0.6 is 0 Å². The van der Waals surface area contributed by atoms with Gasteiger partial charge in [0.15, 0.2) is 5.82 Å². The number of aromatic nitrogens is 5. The van der Waals surface area contributed by atoms with Gasteiger partial charge in [0.05, 0.1) is 6.04 Å². The van der Waals surface area contributed by atoms with Crippen LogP contribution in [0, 0.1) is 0 Å². The molecule has 0 unspecified atom stereocenters. The average Bonchev–Trinajstić information content (AvgIpc) is 3.27. The Bertz CT molecular complexity index is 636. The summed E-state index contributed by atoms with van der Waals surface area (Å²) in [5, 5.41) is 8.11. The summed E-state index contributed by atoms with van der Waals surface area (Å²) in [5.74, 6) is 1.61. The van der Waals surface area contributed by atoms with E-state index in [0.29, 0.717) is 24.7 Å². The number of hydrogen-bond donors (Lipinski definition) is 0. The van der Waals surface area contributed by atoms with Gasteiger partial charge in [0.1, 0.15) is 12.7 Å². The number of amides is 1. The normalized spacial score (nSPS) is 18.0. The summed E-state index contributed by atoms with van der Waals surface area (Å²) in [4.78, 5) is 22.7. The zero-order valence-corrected chi connectivity index (χ0v) is 13.6. The van der Waals surface area contributed by atoms with Crippen LogP contribution in [-0.2, 0) is 11.3 Å². The highest BCUT2D eigenvalue weighted by Gasteiger charge is 2.33. The fourth-order valence-corrected chi connectivity index (χ4v) is 2.83. The number of hydrogen-bond acceptors (Lipinski definition) is 6. The maximum Gasteiger partial charge on any atom is 0.229 e. The fourth-order valence-electron chi connectivity index (χ4n) is 2.83. The van der Waals surface area contributed by atoms with Crippen LogP contribution in [-0.4, -0.2) is 42.3 Å². The van der Waals surface area contributed by atoms with Crippen molar-refractivity contribution in [2.24, 2.45) is 0 Å². The van der Waals surface area contributed by atoms with Crippen molar-refractivity contribution in [1.82, 2.24) is 29.8 Å². The zero-order valence-electron chi connectivity index (χ0n) is 13.6. The van der Waals surface area contributed by atoms with Crippen LogP contribution in [0.25, 0.3) is 0 Å². The van der Waals surface area contributed by atoms with Gasteiger partial charge >= 0.3 is 0 Å². The van der Waals surface area contributed by atoms with Crippen molar-refractivity contribution < 1.29 is 9.32 Å². The minimum atomic E-state index is -0.0508. The number of aryl methyl sites for hydroxylation is 1. The number of nitrogens with zero attached hydrogens (tertiary/aromatic N) is 6. The summed E-state index contributed by atoms with van der Waals surface area (Å²) in [6.45, 7) is 5.49. The van der Waals surface area contributed by atoms with E-state index in [1.807, 2.05) is 18.7 Å². The molecule has 124 valence electrons. The third-order valence-electron chi connectivity index (χ3n) is 4.07. The molecule has 0 bridgehead atoms. The van der Waals surface area contributed by atoms with Gasteiger partial charge in [-0.15, -0.1) is 0 Å². The molecule has 3 rings (SSSR count). The van der Waals surface area contributed by atoms with Crippen molar-refractivity contribution in [2.45, 2.75) is 58.0 Å². The third-order valence-corrected chi connectivity index (χ3v) is 4.07. The molecule has 23 heavy (non-hydrogen) atoms.